The summed E-state index contributed by atoms with van der Waals surface area (Å²) in [7, 11) is 0. The molecule has 0 heterocycles. The van der Waals surface area contributed by atoms with E-state index in [-0.39, 0.29) is 0 Å². The van der Waals surface area contributed by atoms with Crippen molar-refractivity contribution in [3.63, 3.8) is 0 Å². The summed E-state index contributed by atoms with van der Waals surface area (Å²) in [5.41, 5.74) is 6.20. The monoisotopic (exact) mass is 281 g/mol. The van der Waals surface area contributed by atoms with Crippen LogP contribution in [0.5, 0.6) is 0 Å². The predicted octanol–water partition coefficient (Wildman–Crippen LogP) is 2.97. The van der Waals surface area contributed by atoms with Crippen LogP contribution in [0.3, 0.4) is 0 Å². The van der Waals surface area contributed by atoms with Gasteiger partial charge in [0.25, 0.3) is 0 Å². The maximum absolute atomic E-state index is 5.57. The van der Waals surface area contributed by atoms with Crippen molar-refractivity contribution in [2.45, 2.75) is 43.5 Å². The Hall–Kier alpha value is 0.690. The lowest BCUT2D eigenvalue weighted by Gasteiger charge is -2.09. The maximum atomic E-state index is 5.57. The van der Waals surface area contributed by atoms with Gasteiger partial charge in [0, 0.05) is 3.92 Å². The van der Waals surface area contributed by atoms with Gasteiger partial charge in [-0.3, -0.25) is 0 Å². The standard InChI is InChI=1S/C10H20IN/c1-8(11)3-4-9-7-10(9,2)5-6-12/h8-9H,3-7,12H2,1-2H3/t8?,9-,10-/m0/s1. The first-order valence-corrected chi connectivity index (χ1v) is 6.17. The Labute approximate surface area is 89.6 Å². The minimum absolute atomic E-state index is 0.625. The van der Waals surface area contributed by atoms with Gasteiger partial charge < -0.3 is 5.73 Å². The summed E-state index contributed by atoms with van der Waals surface area (Å²) in [6.45, 7) is 5.55. The number of halogens is 1. The molecule has 1 unspecified atom stereocenters. The molecule has 0 radical (unpaired) electrons. The number of nitrogens with two attached hydrogens (primary N) is 1. The van der Waals surface area contributed by atoms with Gasteiger partial charge in [-0.25, -0.2) is 0 Å². The minimum Gasteiger partial charge on any atom is -0.330 e. The quantitative estimate of drug-likeness (QED) is 0.608. The van der Waals surface area contributed by atoms with Crippen molar-refractivity contribution < 1.29 is 0 Å². The van der Waals surface area contributed by atoms with Gasteiger partial charge in [-0.1, -0.05) is 36.4 Å². The van der Waals surface area contributed by atoms with Crippen molar-refractivity contribution in [1.82, 2.24) is 0 Å². The largest absolute Gasteiger partial charge is 0.330 e. The van der Waals surface area contributed by atoms with Gasteiger partial charge in [0.1, 0.15) is 0 Å². The second-order valence-corrected chi connectivity index (χ2v) is 6.58. The normalized spacial score (nSPS) is 36.5. The Bertz CT molecular complexity index is 147. The molecule has 0 saturated heterocycles. The number of hydrogen-bond donors (Lipinski definition) is 1. The Kier molecular flexibility index (Phi) is 3.83. The third-order valence-corrected chi connectivity index (χ3v) is 3.79. The van der Waals surface area contributed by atoms with Crippen LogP contribution in [-0.4, -0.2) is 10.5 Å². The van der Waals surface area contributed by atoms with E-state index in [0.29, 0.717) is 5.41 Å². The highest BCUT2D eigenvalue weighted by atomic mass is 127. The average molecular weight is 281 g/mol. The van der Waals surface area contributed by atoms with E-state index in [4.69, 9.17) is 5.73 Å². The molecule has 2 N–H and O–H groups in total. The third kappa shape index (κ3) is 2.87. The smallest absolute Gasteiger partial charge is 0.00814 e. The zero-order chi connectivity index (χ0) is 9.19. The fourth-order valence-corrected chi connectivity index (χ4v) is 2.38. The summed E-state index contributed by atoms with van der Waals surface area (Å²) in [4.78, 5) is 0. The summed E-state index contributed by atoms with van der Waals surface area (Å²) >= 11 is 2.51. The molecular weight excluding hydrogens is 261 g/mol. The predicted molar refractivity (Wildman–Crippen MR) is 62.6 cm³/mol. The van der Waals surface area contributed by atoms with Crippen LogP contribution >= 0.6 is 22.6 Å². The first-order chi connectivity index (χ1) is 5.58. The van der Waals surface area contributed by atoms with Crippen LogP contribution in [0, 0.1) is 11.3 Å². The number of hydrogen-bond acceptors (Lipinski definition) is 1. The first kappa shape index (κ1) is 10.8. The lowest BCUT2D eigenvalue weighted by Crippen LogP contribution is -2.08. The summed E-state index contributed by atoms with van der Waals surface area (Å²) in [6.07, 6.45) is 5.45. The van der Waals surface area contributed by atoms with Gasteiger partial charge in [0.15, 0.2) is 0 Å². The summed E-state index contributed by atoms with van der Waals surface area (Å²) in [5, 5.41) is 0. The average Bonchev–Trinajstić information content (AvgIpc) is 2.58. The van der Waals surface area contributed by atoms with Crippen molar-refractivity contribution in [3.05, 3.63) is 0 Å². The molecule has 0 aromatic carbocycles. The zero-order valence-electron chi connectivity index (χ0n) is 8.15. The van der Waals surface area contributed by atoms with E-state index >= 15 is 0 Å². The van der Waals surface area contributed by atoms with E-state index in [2.05, 4.69) is 36.4 Å². The van der Waals surface area contributed by atoms with Crippen LogP contribution in [-0.2, 0) is 0 Å². The minimum atomic E-state index is 0.625. The Morgan fingerprint density at radius 2 is 2.33 bits per heavy atom. The van der Waals surface area contributed by atoms with Gasteiger partial charge in [0.2, 0.25) is 0 Å². The molecule has 3 atom stereocenters. The molecule has 0 aliphatic heterocycles. The highest BCUT2D eigenvalue weighted by molar-refractivity contribution is 14.1. The second-order valence-electron chi connectivity index (χ2n) is 4.45. The van der Waals surface area contributed by atoms with Crippen molar-refractivity contribution >= 4 is 22.6 Å². The number of alkyl halides is 1. The van der Waals surface area contributed by atoms with E-state index in [9.17, 15) is 0 Å². The van der Waals surface area contributed by atoms with Gasteiger partial charge in [-0.2, -0.15) is 0 Å². The molecule has 0 bridgehead atoms. The van der Waals surface area contributed by atoms with Crippen molar-refractivity contribution in [2.75, 3.05) is 6.54 Å². The van der Waals surface area contributed by atoms with E-state index in [1.54, 1.807) is 0 Å². The van der Waals surface area contributed by atoms with Gasteiger partial charge in [-0.05, 0) is 43.6 Å². The molecule has 0 amide bonds. The third-order valence-electron chi connectivity index (χ3n) is 3.17. The van der Waals surface area contributed by atoms with E-state index in [0.717, 1.165) is 16.4 Å². The van der Waals surface area contributed by atoms with Crippen LogP contribution in [0.1, 0.15) is 39.5 Å². The van der Waals surface area contributed by atoms with Crippen LogP contribution < -0.4 is 5.73 Å². The molecule has 72 valence electrons. The molecule has 0 aromatic rings. The molecule has 12 heavy (non-hydrogen) atoms. The first-order valence-electron chi connectivity index (χ1n) is 4.92. The Morgan fingerprint density at radius 1 is 1.67 bits per heavy atom. The summed E-state index contributed by atoms with van der Waals surface area (Å²) in [5.74, 6) is 0.985. The van der Waals surface area contributed by atoms with E-state index in [1.165, 1.54) is 25.7 Å². The van der Waals surface area contributed by atoms with Crippen molar-refractivity contribution in [2.24, 2.45) is 17.1 Å². The highest BCUT2D eigenvalue weighted by Crippen LogP contribution is 2.57. The maximum Gasteiger partial charge on any atom is 0.00814 e. The Morgan fingerprint density at radius 3 is 2.83 bits per heavy atom. The van der Waals surface area contributed by atoms with E-state index < -0.39 is 0 Å². The lowest BCUT2D eigenvalue weighted by molar-refractivity contribution is 0.448. The number of rotatable bonds is 5. The molecule has 1 saturated carbocycles. The van der Waals surface area contributed by atoms with Crippen LogP contribution in [0.2, 0.25) is 0 Å². The lowest BCUT2D eigenvalue weighted by atomic mass is 9.99. The Balaban J connectivity index is 2.14. The van der Waals surface area contributed by atoms with Gasteiger partial charge in [0.05, 0.1) is 0 Å². The second kappa shape index (κ2) is 4.27. The summed E-state index contributed by atoms with van der Waals surface area (Å²) in [6, 6.07) is 0. The van der Waals surface area contributed by atoms with Gasteiger partial charge >= 0.3 is 0 Å². The highest BCUT2D eigenvalue weighted by Gasteiger charge is 2.47. The molecule has 1 nitrogen and oxygen atoms in total. The molecule has 1 rings (SSSR count). The topological polar surface area (TPSA) is 26.0 Å². The molecule has 1 aliphatic carbocycles. The van der Waals surface area contributed by atoms with E-state index in [1.807, 2.05) is 0 Å². The molecule has 0 aromatic heterocycles. The van der Waals surface area contributed by atoms with Crippen molar-refractivity contribution in [1.29, 1.82) is 0 Å². The fraction of sp³-hybridized carbons (Fsp3) is 1.00. The van der Waals surface area contributed by atoms with Crippen LogP contribution in [0.15, 0.2) is 0 Å². The molecule has 0 spiro atoms. The van der Waals surface area contributed by atoms with Gasteiger partial charge in [-0.15, -0.1) is 0 Å². The zero-order valence-corrected chi connectivity index (χ0v) is 10.3. The SMILES string of the molecule is CC(I)CC[C@H]1C[C@]1(C)CCN. The molecule has 1 fully saturated rings. The molecule has 2 heteroatoms. The van der Waals surface area contributed by atoms with Crippen molar-refractivity contribution in [3.8, 4) is 0 Å². The molecule has 1 aliphatic rings. The van der Waals surface area contributed by atoms with Crippen LogP contribution in [0.4, 0.5) is 0 Å². The summed E-state index contributed by atoms with van der Waals surface area (Å²) < 4.78 is 0.838. The van der Waals surface area contributed by atoms with Crippen LogP contribution in [0.25, 0.3) is 0 Å². The fourth-order valence-electron chi connectivity index (χ4n) is 2.02. The molecular formula is C10H20IN.